The van der Waals surface area contributed by atoms with E-state index in [2.05, 4.69) is 46.5 Å². The Morgan fingerprint density at radius 3 is 2.83 bits per heavy atom. The zero-order chi connectivity index (χ0) is 20.3. The Balaban J connectivity index is 1.55. The smallest absolute Gasteiger partial charge is 0.237 e. The average molecular weight is 400 g/mol. The van der Waals surface area contributed by atoms with E-state index in [1.165, 1.54) is 0 Å². The standard InChI is InChI=1S/C20H20N10/c1-3-20-5-4-9-29(20)17-15(30-13(2)26-27-18(20)30)12-24-19(25-17)28-10-8-23-16(28)14-11-21-6-7-22-14/h6-8,10-12H,3-5,9H2,1-2H3. The first-order valence-corrected chi connectivity index (χ1v) is 10.1. The van der Waals surface area contributed by atoms with Gasteiger partial charge in [-0.2, -0.15) is 4.98 Å². The van der Waals surface area contributed by atoms with Crippen LogP contribution in [0.3, 0.4) is 0 Å². The Kier molecular flexibility index (Phi) is 3.53. The van der Waals surface area contributed by atoms with Crippen LogP contribution in [0.4, 0.5) is 5.82 Å². The fraction of sp³-hybridized carbons (Fsp3) is 0.350. The van der Waals surface area contributed by atoms with Crippen LogP contribution in [-0.2, 0) is 5.54 Å². The lowest BCUT2D eigenvalue weighted by Gasteiger charge is -2.42. The van der Waals surface area contributed by atoms with E-state index in [1.807, 2.05) is 23.9 Å². The molecule has 10 nitrogen and oxygen atoms in total. The molecule has 1 atom stereocenters. The highest BCUT2D eigenvalue weighted by atomic mass is 15.4. The molecule has 1 unspecified atom stereocenters. The molecule has 0 saturated carbocycles. The minimum atomic E-state index is -0.178. The molecule has 2 aliphatic heterocycles. The SMILES string of the molecule is CCC12CCCN1c1nc(-n3ccnc3-c3cnccn3)ncc1-n1c(C)nnc12. The molecule has 0 aromatic carbocycles. The molecule has 150 valence electrons. The number of hydrogen-bond acceptors (Lipinski definition) is 8. The lowest BCUT2D eigenvalue weighted by atomic mass is 9.90. The van der Waals surface area contributed by atoms with Crippen LogP contribution in [0.25, 0.3) is 23.2 Å². The van der Waals surface area contributed by atoms with Crippen LogP contribution in [0.1, 0.15) is 37.8 Å². The van der Waals surface area contributed by atoms with Gasteiger partial charge in [-0.15, -0.1) is 10.2 Å². The molecule has 10 heteroatoms. The number of aryl methyl sites for hydroxylation is 1. The van der Waals surface area contributed by atoms with Gasteiger partial charge < -0.3 is 4.90 Å². The largest absolute Gasteiger partial charge is 0.342 e. The second-order valence-corrected chi connectivity index (χ2v) is 7.64. The summed E-state index contributed by atoms with van der Waals surface area (Å²) < 4.78 is 3.96. The van der Waals surface area contributed by atoms with Gasteiger partial charge in [0.1, 0.15) is 22.7 Å². The minimum Gasteiger partial charge on any atom is -0.342 e. The fourth-order valence-electron chi connectivity index (χ4n) is 4.80. The van der Waals surface area contributed by atoms with E-state index in [1.54, 1.807) is 24.8 Å². The van der Waals surface area contributed by atoms with E-state index < -0.39 is 0 Å². The number of nitrogens with zero attached hydrogens (tertiary/aromatic N) is 10. The van der Waals surface area contributed by atoms with Gasteiger partial charge >= 0.3 is 0 Å². The Bertz CT molecular complexity index is 1240. The molecule has 0 spiro atoms. The molecule has 1 saturated heterocycles. The van der Waals surface area contributed by atoms with Crippen LogP contribution < -0.4 is 4.90 Å². The summed E-state index contributed by atoms with van der Waals surface area (Å²) in [6.45, 7) is 5.12. The number of rotatable bonds is 3. The molecule has 30 heavy (non-hydrogen) atoms. The first-order valence-electron chi connectivity index (χ1n) is 10.1. The maximum atomic E-state index is 5.01. The lowest BCUT2D eigenvalue weighted by Crippen LogP contribution is -2.47. The van der Waals surface area contributed by atoms with E-state index in [4.69, 9.17) is 4.98 Å². The van der Waals surface area contributed by atoms with E-state index >= 15 is 0 Å². The van der Waals surface area contributed by atoms with Crippen LogP contribution in [0.5, 0.6) is 0 Å². The summed E-state index contributed by atoms with van der Waals surface area (Å²) in [5.74, 6) is 3.96. The molecule has 2 aliphatic rings. The van der Waals surface area contributed by atoms with E-state index in [0.29, 0.717) is 17.5 Å². The summed E-state index contributed by atoms with van der Waals surface area (Å²) in [7, 11) is 0. The quantitative estimate of drug-likeness (QED) is 0.516. The van der Waals surface area contributed by atoms with Crippen molar-refractivity contribution in [1.82, 2.24) is 44.3 Å². The summed E-state index contributed by atoms with van der Waals surface area (Å²) in [6, 6.07) is 0. The zero-order valence-electron chi connectivity index (χ0n) is 16.8. The summed E-state index contributed by atoms with van der Waals surface area (Å²) in [5.41, 5.74) is 1.41. The van der Waals surface area contributed by atoms with Crippen LogP contribution >= 0.6 is 0 Å². The highest BCUT2D eigenvalue weighted by molar-refractivity contribution is 5.65. The molecular weight excluding hydrogens is 380 g/mol. The first kappa shape index (κ1) is 17.2. The molecule has 1 fully saturated rings. The molecule has 4 aromatic rings. The van der Waals surface area contributed by atoms with Gasteiger partial charge in [0.2, 0.25) is 5.95 Å². The van der Waals surface area contributed by atoms with Gasteiger partial charge in [0, 0.05) is 31.3 Å². The summed E-state index contributed by atoms with van der Waals surface area (Å²) >= 11 is 0. The van der Waals surface area contributed by atoms with Gasteiger partial charge in [-0.1, -0.05) is 6.92 Å². The van der Waals surface area contributed by atoms with Crippen molar-refractivity contribution in [2.75, 3.05) is 11.4 Å². The van der Waals surface area contributed by atoms with Crippen LogP contribution in [0.15, 0.2) is 37.2 Å². The third-order valence-electron chi connectivity index (χ3n) is 6.20. The van der Waals surface area contributed by atoms with Crippen molar-refractivity contribution in [2.45, 2.75) is 38.6 Å². The average Bonchev–Trinajstić information content (AvgIpc) is 3.52. The number of hydrogen-bond donors (Lipinski definition) is 0. The van der Waals surface area contributed by atoms with Crippen LogP contribution in [0, 0.1) is 6.92 Å². The van der Waals surface area contributed by atoms with Gasteiger partial charge in [0.05, 0.1) is 12.4 Å². The molecule has 6 rings (SSSR count). The Labute approximate surface area is 172 Å². The second kappa shape index (κ2) is 6.15. The highest BCUT2D eigenvalue weighted by Gasteiger charge is 2.50. The molecule has 6 heterocycles. The predicted molar refractivity (Wildman–Crippen MR) is 108 cm³/mol. The van der Waals surface area contributed by atoms with Gasteiger partial charge in [-0.3, -0.25) is 14.1 Å². The molecular formula is C20H20N10. The van der Waals surface area contributed by atoms with E-state index in [-0.39, 0.29) is 5.54 Å². The third-order valence-corrected chi connectivity index (χ3v) is 6.20. The van der Waals surface area contributed by atoms with Crippen LogP contribution in [0.2, 0.25) is 0 Å². The number of fused-ring (bicyclic) bond motifs is 6. The molecule has 0 aliphatic carbocycles. The van der Waals surface area contributed by atoms with Crippen LogP contribution in [-0.4, -0.2) is 50.8 Å². The number of anilines is 1. The third kappa shape index (κ3) is 2.15. The van der Waals surface area contributed by atoms with Crippen molar-refractivity contribution < 1.29 is 0 Å². The summed E-state index contributed by atoms with van der Waals surface area (Å²) in [4.78, 5) is 25.0. The first-order chi connectivity index (χ1) is 14.7. The Hall–Kier alpha value is -3.69. The predicted octanol–water partition coefficient (Wildman–Crippen LogP) is 2.23. The second-order valence-electron chi connectivity index (χ2n) is 7.64. The van der Waals surface area contributed by atoms with Crippen molar-refractivity contribution in [1.29, 1.82) is 0 Å². The van der Waals surface area contributed by atoms with Crippen molar-refractivity contribution in [3.05, 3.63) is 48.8 Å². The number of aromatic nitrogens is 9. The number of imidazole rings is 1. The highest BCUT2D eigenvalue weighted by Crippen LogP contribution is 2.49. The molecule has 0 amide bonds. The van der Waals surface area contributed by atoms with Gasteiger partial charge in [-0.25, -0.2) is 15.0 Å². The van der Waals surface area contributed by atoms with Crippen molar-refractivity contribution in [2.24, 2.45) is 0 Å². The van der Waals surface area contributed by atoms with Crippen molar-refractivity contribution in [3.8, 4) is 23.2 Å². The topological polar surface area (TPSA) is 103 Å². The lowest BCUT2D eigenvalue weighted by molar-refractivity contribution is 0.381. The van der Waals surface area contributed by atoms with Gasteiger partial charge in [0.25, 0.3) is 0 Å². The van der Waals surface area contributed by atoms with Gasteiger partial charge in [-0.05, 0) is 26.2 Å². The van der Waals surface area contributed by atoms with Crippen molar-refractivity contribution >= 4 is 5.82 Å². The summed E-state index contributed by atoms with van der Waals surface area (Å²) in [5, 5.41) is 8.93. The Morgan fingerprint density at radius 1 is 1.07 bits per heavy atom. The maximum absolute atomic E-state index is 5.01. The summed E-state index contributed by atoms with van der Waals surface area (Å²) in [6.07, 6.45) is 13.5. The van der Waals surface area contributed by atoms with Gasteiger partial charge in [0.15, 0.2) is 17.5 Å². The molecule has 0 N–H and O–H groups in total. The monoisotopic (exact) mass is 400 g/mol. The molecule has 0 radical (unpaired) electrons. The van der Waals surface area contributed by atoms with E-state index in [0.717, 1.165) is 49.0 Å². The molecule has 0 bridgehead atoms. The normalized spacial score (nSPS) is 19.5. The minimum absolute atomic E-state index is 0.178. The molecule has 4 aromatic heterocycles. The zero-order valence-corrected chi connectivity index (χ0v) is 16.8. The maximum Gasteiger partial charge on any atom is 0.237 e. The van der Waals surface area contributed by atoms with Crippen molar-refractivity contribution in [3.63, 3.8) is 0 Å². The Morgan fingerprint density at radius 2 is 2.00 bits per heavy atom. The fourth-order valence-corrected chi connectivity index (χ4v) is 4.80. The van der Waals surface area contributed by atoms with E-state index in [9.17, 15) is 0 Å².